The first kappa shape index (κ1) is 36.8. The molecule has 3 aromatic rings. The van der Waals surface area contributed by atoms with Crippen LogP contribution < -0.4 is 21.9 Å². The molecule has 0 aliphatic heterocycles. The van der Waals surface area contributed by atoms with Gasteiger partial charge in [-0.05, 0) is 43.4 Å². The van der Waals surface area contributed by atoms with Crippen molar-refractivity contribution in [2.75, 3.05) is 29.7 Å². The van der Waals surface area contributed by atoms with Gasteiger partial charge in [0.1, 0.15) is 5.78 Å². The normalized spacial score (nSPS) is 12.1. The van der Waals surface area contributed by atoms with Crippen LogP contribution in [0.4, 0.5) is 11.6 Å². The number of unbranched alkanes of at least 4 members (excludes halogenated alkanes) is 1. The number of Topliss-reactive ketones (excluding diaryl/α,β-unsaturated/α-hetero) is 1. The van der Waals surface area contributed by atoms with Crippen molar-refractivity contribution in [1.82, 2.24) is 25.3 Å². The van der Waals surface area contributed by atoms with E-state index in [1.165, 1.54) is 27.8 Å². The van der Waals surface area contributed by atoms with Gasteiger partial charge in [-0.3, -0.25) is 33.8 Å². The number of aromatic nitrogens is 4. The van der Waals surface area contributed by atoms with Crippen LogP contribution in [0.5, 0.6) is 0 Å². The number of esters is 1. The Bertz CT molecular complexity index is 1610. The average Bonchev–Trinajstić information content (AvgIpc) is 3.04. The number of ketones is 1. The minimum Gasteiger partial charge on any atom is -0.481 e. The van der Waals surface area contributed by atoms with Crippen molar-refractivity contribution in [3.05, 3.63) is 52.1 Å². The van der Waals surface area contributed by atoms with Gasteiger partial charge in [0.2, 0.25) is 5.95 Å². The number of hydrogen-bond donors (Lipinski definition) is 5. The molecule has 0 unspecified atom stereocenters. The number of amides is 1. The summed E-state index contributed by atoms with van der Waals surface area (Å²) in [5, 5.41) is 14.9. The van der Waals surface area contributed by atoms with Crippen molar-refractivity contribution < 1.29 is 38.6 Å². The number of benzene rings is 1. The van der Waals surface area contributed by atoms with Crippen molar-refractivity contribution in [3.8, 4) is 0 Å². The summed E-state index contributed by atoms with van der Waals surface area (Å²) in [6, 6.07) is 6.43. The Kier molecular flexibility index (Phi) is 14.9. The number of carboxylic acid groups (broad SMARTS) is 1. The maximum Gasteiger partial charge on any atom is 0.307 e. The summed E-state index contributed by atoms with van der Waals surface area (Å²) in [7, 11) is 2.78. The molecule has 0 fully saturated rings. The van der Waals surface area contributed by atoms with Crippen molar-refractivity contribution in [2.45, 2.75) is 51.3 Å². The molecule has 2 heterocycles. The summed E-state index contributed by atoms with van der Waals surface area (Å²) in [5.74, 6) is -2.87. The number of anilines is 2. The summed E-state index contributed by atoms with van der Waals surface area (Å²) in [5.41, 5.74) is 6.63. The molecule has 0 radical (unpaired) electrons. The summed E-state index contributed by atoms with van der Waals surface area (Å²) in [4.78, 5) is 86.0. The highest BCUT2D eigenvalue weighted by Gasteiger charge is 2.22. The molecule has 0 saturated heterocycles. The maximum absolute atomic E-state index is 12.7. The van der Waals surface area contributed by atoms with E-state index in [-0.39, 0.29) is 73.8 Å². The monoisotopic (exact) mass is 689 g/mol. The standard InChI is InChI=1S/C29H35N7O9S2/c1-46-47-15-18(28(42)43)12-23(39)44-11-3-2-4-21(38)9-10-22(45-16-37)34-26(40)17-5-7-19(8-6-17)31-13-20-14-32-25-24(33-20)27(41)36-29(30)35-25/h5-8,14,16,18,22,31H,2-4,9-13,15H2,1H3,(H,34,40)(H,42,43)(H3,30,32,35,36,41)/t18-,22+/m0/s1. The number of aliphatic carboxylic acids is 1. The molecule has 0 bridgehead atoms. The molecule has 252 valence electrons. The van der Waals surface area contributed by atoms with Crippen molar-refractivity contribution >= 4 is 74.5 Å². The first-order chi connectivity index (χ1) is 22.6. The fraction of sp³-hybridized carbons (Fsp3) is 0.414. The molecule has 47 heavy (non-hydrogen) atoms. The minimum atomic E-state index is -1.05. The Morgan fingerprint density at radius 3 is 2.60 bits per heavy atom. The van der Waals surface area contributed by atoms with Crippen LogP contribution in [0.25, 0.3) is 11.2 Å². The highest BCUT2D eigenvalue weighted by Crippen LogP contribution is 2.22. The van der Waals surface area contributed by atoms with E-state index in [0.29, 0.717) is 30.0 Å². The zero-order chi connectivity index (χ0) is 34.2. The van der Waals surface area contributed by atoms with E-state index in [1.54, 1.807) is 24.3 Å². The van der Waals surface area contributed by atoms with Gasteiger partial charge in [0.25, 0.3) is 17.9 Å². The minimum absolute atomic E-state index is 0.0435. The second-order valence-corrected chi connectivity index (χ2v) is 12.7. The Morgan fingerprint density at radius 2 is 1.89 bits per heavy atom. The van der Waals surface area contributed by atoms with E-state index in [0.717, 1.165) is 0 Å². The second-order valence-electron chi connectivity index (χ2n) is 10.1. The molecular weight excluding hydrogens is 654 g/mol. The zero-order valence-corrected chi connectivity index (χ0v) is 27.1. The number of nitrogens with two attached hydrogens (primary N) is 1. The quantitative estimate of drug-likeness (QED) is 0.0354. The molecule has 0 spiro atoms. The Labute approximate surface area is 276 Å². The van der Waals surface area contributed by atoms with Crippen molar-refractivity contribution in [2.24, 2.45) is 5.92 Å². The number of nitrogens with one attached hydrogen (secondary N) is 3. The van der Waals surface area contributed by atoms with Gasteiger partial charge >= 0.3 is 11.9 Å². The SMILES string of the molecule is CSSC[C@H](CC(=O)OCCCCC(=O)CC[C@H](NC(=O)c1ccc(NCc2cnc3nc(N)[nH]c(=O)c3n2)cc1)OC=O)C(=O)O. The molecule has 3 rings (SSSR count). The van der Waals surface area contributed by atoms with Crippen LogP contribution >= 0.6 is 21.6 Å². The molecule has 0 aliphatic rings. The van der Waals surface area contributed by atoms with Gasteiger partial charge in [-0.2, -0.15) is 4.98 Å². The number of carboxylic acids is 1. The van der Waals surface area contributed by atoms with E-state index < -0.39 is 35.6 Å². The predicted octanol–water partition coefficient (Wildman–Crippen LogP) is 2.30. The van der Waals surface area contributed by atoms with Gasteiger partial charge in [-0.1, -0.05) is 21.6 Å². The lowest BCUT2D eigenvalue weighted by Crippen LogP contribution is -2.37. The van der Waals surface area contributed by atoms with Crippen LogP contribution in [0.2, 0.25) is 0 Å². The van der Waals surface area contributed by atoms with Gasteiger partial charge in [0, 0.05) is 36.3 Å². The van der Waals surface area contributed by atoms with Crippen LogP contribution in [0.1, 0.15) is 54.6 Å². The largest absolute Gasteiger partial charge is 0.481 e. The number of aromatic amines is 1. The third-order valence-corrected chi connectivity index (χ3v) is 8.46. The van der Waals surface area contributed by atoms with E-state index in [9.17, 15) is 33.9 Å². The molecule has 18 heteroatoms. The first-order valence-electron chi connectivity index (χ1n) is 14.4. The van der Waals surface area contributed by atoms with Crippen molar-refractivity contribution in [3.63, 3.8) is 0 Å². The first-order valence-corrected chi connectivity index (χ1v) is 17.1. The van der Waals surface area contributed by atoms with Gasteiger partial charge in [0.15, 0.2) is 17.4 Å². The van der Waals surface area contributed by atoms with E-state index in [1.807, 2.05) is 6.26 Å². The summed E-state index contributed by atoms with van der Waals surface area (Å²) in [6.45, 7) is 0.499. The highest BCUT2D eigenvalue weighted by atomic mass is 33.1. The molecule has 16 nitrogen and oxygen atoms in total. The third-order valence-electron chi connectivity index (χ3n) is 6.57. The number of rotatable bonds is 21. The molecular formula is C29H35N7O9S2. The number of nitrogens with zero attached hydrogens (tertiary/aromatic N) is 3. The number of H-pyrrole nitrogens is 1. The number of fused-ring (bicyclic) bond motifs is 1. The average molecular weight is 690 g/mol. The van der Waals surface area contributed by atoms with Crippen LogP contribution in [-0.4, -0.2) is 80.0 Å². The van der Waals surface area contributed by atoms with E-state index in [2.05, 4.69) is 30.6 Å². The smallest absolute Gasteiger partial charge is 0.307 e. The van der Waals surface area contributed by atoms with Crippen LogP contribution in [-0.2, 0) is 35.2 Å². The van der Waals surface area contributed by atoms with Crippen molar-refractivity contribution in [1.29, 1.82) is 0 Å². The predicted molar refractivity (Wildman–Crippen MR) is 175 cm³/mol. The number of hydrogen-bond acceptors (Lipinski definition) is 15. The molecule has 2 aromatic heterocycles. The lowest BCUT2D eigenvalue weighted by molar-refractivity contribution is -0.151. The van der Waals surface area contributed by atoms with Crippen LogP contribution in [0.15, 0.2) is 35.3 Å². The lowest BCUT2D eigenvalue weighted by atomic mass is 10.1. The Morgan fingerprint density at radius 1 is 1.13 bits per heavy atom. The second kappa shape index (κ2) is 19.1. The fourth-order valence-corrected chi connectivity index (χ4v) is 5.58. The molecule has 6 N–H and O–H groups in total. The highest BCUT2D eigenvalue weighted by molar-refractivity contribution is 8.76. The third kappa shape index (κ3) is 12.5. The summed E-state index contributed by atoms with van der Waals surface area (Å²) >= 11 is 0. The molecule has 0 saturated carbocycles. The summed E-state index contributed by atoms with van der Waals surface area (Å²) in [6.07, 6.45) is 3.23. The number of ether oxygens (including phenoxy) is 2. The van der Waals surface area contributed by atoms with Gasteiger partial charge in [-0.25, -0.2) is 9.97 Å². The fourth-order valence-electron chi connectivity index (χ4n) is 4.11. The van der Waals surface area contributed by atoms with Crippen LogP contribution in [0.3, 0.4) is 0 Å². The van der Waals surface area contributed by atoms with Gasteiger partial charge in [0.05, 0.1) is 37.4 Å². The number of nitrogen functional groups attached to an aromatic ring is 1. The molecule has 1 aromatic carbocycles. The van der Waals surface area contributed by atoms with E-state index >= 15 is 0 Å². The topological polar surface area (TPSA) is 246 Å². The number of carbonyl (C=O) groups excluding carboxylic acids is 4. The van der Waals surface area contributed by atoms with Crippen LogP contribution in [0, 0.1) is 5.92 Å². The maximum atomic E-state index is 12.7. The molecule has 2 atom stereocenters. The summed E-state index contributed by atoms with van der Waals surface area (Å²) < 4.78 is 10.1. The zero-order valence-electron chi connectivity index (χ0n) is 25.4. The van der Waals surface area contributed by atoms with Gasteiger partial charge in [-0.15, -0.1) is 0 Å². The Balaban J connectivity index is 1.38. The Hall–Kier alpha value is -4.71. The molecule has 1 amide bonds. The van der Waals surface area contributed by atoms with Gasteiger partial charge < -0.3 is 30.9 Å². The number of carbonyl (C=O) groups is 5. The van der Waals surface area contributed by atoms with E-state index in [4.69, 9.17) is 15.2 Å². The lowest BCUT2D eigenvalue weighted by Gasteiger charge is -2.17. The molecule has 0 aliphatic carbocycles.